The first-order valence-electron chi connectivity index (χ1n) is 10.8. The minimum atomic E-state index is -3.70. The lowest BCUT2D eigenvalue weighted by molar-refractivity contribution is -0.140. The molecule has 0 saturated carbocycles. The van der Waals surface area contributed by atoms with Gasteiger partial charge in [-0.2, -0.15) is 4.31 Å². The summed E-state index contributed by atoms with van der Waals surface area (Å²) in [6.07, 6.45) is 0. The van der Waals surface area contributed by atoms with Gasteiger partial charge in [0.05, 0.1) is 23.1 Å². The number of aliphatic hydroxyl groups excluding tert-OH is 1. The third-order valence-corrected chi connectivity index (χ3v) is 7.80. The number of nitrogens with zero attached hydrogens (tertiary/aromatic N) is 2. The van der Waals surface area contributed by atoms with Gasteiger partial charge in [0, 0.05) is 32.3 Å². The summed E-state index contributed by atoms with van der Waals surface area (Å²) >= 11 is 0. The van der Waals surface area contributed by atoms with E-state index >= 15 is 0 Å². The lowest BCUT2D eigenvalue weighted by Crippen LogP contribution is -2.32. The molecule has 2 aromatic carbocycles. The maximum Gasteiger partial charge on any atom is 0.295 e. The number of amides is 1. The molecule has 2 aromatic rings. The number of carbonyl (C=O) groups is 2. The number of hydrogen-bond acceptors (Lipinski definition) is 6. The van der Waals surface area contributed by atoms with Gasteiger partial charge in [-0.05, 0) is 42.0 Å². The molecule has 8 nitrogen and oxygen atoms in total. The highest BCUT2D eigenvalue weighted by Gasteiger charge is 2.45. The Hall–Kier alpha value is -3.08. The Morgan fingerprint density at radius 3 is 2.18 bits per heavy atom. The van der Waals surface area contributed by atoms with E-state index in [4.69, 9.17) is 4.74 Å². The lowest BCUT2D eigenvalue weighted by atomic mass is 9.95. The molecule has 1 fully saturated rings. The zero-order valence-electron chi connectivity index (χ0n) is 19.2. The second-order valence-electron chi connectivity index (χ2n) is 7.65. The van der Waals surface area contributed by atoms with Crippen LogP contribution in [0, 0.1) is 5.82 Å². The topological polar surface area (TPSA) is 104 Å². The van der Waals surface area contributed by atoms with Gasteiger partial charge in [-0.15, -0.1) is 0 Å². The number of ether oxygens (including phenoxy) is 1. The summed E-state index contributed by atoms with van der Waals surface area (Å²) in [5, 5.41) is 11.0. The molecule has 1 heterocycles. The van der Waals surface area contributed by atoms with Crippen LogP contribution >= 0.6 is 0 Å². The van der Waals surface area contributed by atoms with E-state index < -0.39 is 39.3 Å². The molecule has 0 unspecified atom stereocenters. The Kier molecular flexibility index (Phi) is 7.86. The number of halogens is 1. The first-order chi connectivity index (χ1) is 16.2. The van der Waals surface area contributed by atoms with E-state index in [2.05, 4.69) is 0 Å². The number of hydrogen-bond donors (Lipinski definition) is 1. The van der Waals surface area contributed by atoms with Gasteiger partial charge in [0.25, 0.3) is 11.7 Å². The number of rotatable bonds is 9. The molecule has 1 saturated heterocycles. The number of Topliss-reactive ketones (excluding diaryl/α,β-unsaturated/α-hetero) is 1. The third-order valence-electron chi connectivity index (χ3n) is 5.73. The quantitative estimate of drug-likeness (QED) is 0.329. The molecule has 1 amide bonds. The summed E-state index contributed by atoms with van der Waals surface area (Å²) in [6.45, 7) is 4.33. The highest BCUT2D eigenvalue weighted by Crippen LogP contribution is 2.39. The molecular formula is C24H27FN2O6S. The van der Waals surface area contributed by atoms with Crippen molar-refractivity contribution in [1.82, 2.24) is 9.21 Å². The molecule has 1 N–H and O–H groups in total. The van der Waals surface area contributed by atoms with Crippen LogP contribution in [0.2, 0.25) is 0 Å². The first-order valence-corrected chi connectivity index (χ1v) is 12.2. The van der Waals surface area contributed by atoms with Crippen molar-refractivity contribution >= 4 is 27.5 Å². The first kappa shape index (κ1) is 25.5. The van der Waals surface area contributed by atoms with Crippen molar-refractivity contribution in [2.75, 3.05) is 33.4 Å². The summed E-state index contributed by atoms with van der Waals surface area (Å²) < 4.78 is 45.3. The second-order valence-corrected chi connectivity index (χ2v) is 9.59. The van der Waals surface area contributed by atoms with Crippen molar-refractivity contribution < 1.29 is 32.2 Å². The van der Waals surface area contributed by atoms with Gasteiger partial charge in [0.1, 0.15) is 11.6 Å². The van der Waals surface area contributed by atoms with Gasteiger partial charge >= 0.3 is 0 Å². The molecule has 3 rings (SSSR count). The number of carbonyl (C=O) groups excluding carboxylic acids is 2. The number of ketones is 1. The molecule has 0 aromatic heterocycles. The van der Waals surface area contributed by atoms with E-state index in [1.54, 1.807) is 13.8 Å². The molecule has 10 heteroatoms. The average Bonchev–Trinajstić information content (AvgIpc) is 3.08. The van der Waals surface area contributed by atoms with Crippen LogP contribution in [-0.4, -0.2) is 67.8 Å². The minimum Gasteiger partial charge on any atom is -0.507 e. The van der Waals surface area contributed by atoms with Gasteiger partial charge < -0.3 is 14.7 Å². The molecule has 1 aliphatic rings. The Morgan fingerprint density at radius 1 is 1.06 bits per heavy atom. The van der Waals surface area contributed by atoms with Gasteiger partial charge in [0.2, 0.25) is 10.0 Å². The molecule has 1 atom stereocenters. The normalized spacial score (nSPS) is 18.1. The zero-order valence-corrected chi connectivity index (χ0v) is 20.0. The van der Waals surface area contributed by atoms with Crippen molar-refractivity contribution in [1.29, 1.82) is 0 Å². The van der Waals surface area contributed by atoms with E-state index in [9.17, 15) is 27.5 Å². The molecule has 0 aliphatic carbocycles. The summed E-state index contributed by atoms with van der Waals surface area (Å²) in [4.78, 5) is 27.0. The maximum atomic E-state index is 13.5. The Bertz CT molecular complexity index is 1190. The number of methoxy groups -OCH3 is 1. The fourth-order valence-electron chi connectivity index (χ4n) is 3.94. The number of aliphatic hydroxyl groups is 1. The smallest absolute Gasteiger partial charge is 0.295 e. The van der Waals surface area contributed by atoms with Gasteiger partial charge in [-0.3, -0.25) is 9.59 Å². The van der Waals surface area contributed by atoms with E-state index in [-0.39, 0.29) is 29.2 Å². The summed E-state index contributed by atoms with van der Waals surface area (Å²) in [6, 6.07) is 9.81. The van der Waals surface area contributed by atoms with Crippen molar-refractivity contribution in [2.24, 2.45) is 0 Å². The molecule has 34 heavy (non-hydrogen) atoms. The van der Waals surface area contributed by atoms with Crippen molar-refractivity contribution in [2.45, 2.75) is 24.8 Å². The van der Waals surface area contributed by atoms with Crippen LogP contribution in [0.4, 0.5) is 4.39 Å². The van der Waals surface area contributed by atoms with Crippen LogP contribution in [-0.2, 0) is 24.3 Å². The average molecular weight is 491 g/mol. The van der Waals surface area contributed by atoms with E-state index in [1.165, 1.54) is 64.8 Å². The number of benzene rings is 2. The molecule has 1 aliphatic heterocycles. The van der Waals surface area contributed by atoms with E-state index in [0.717, 1.165) is 0 Å². The van der Waals surface area contributed by atoms with Crippen LogP contribution in [0.3, 0.4) is 0 Å². The second kappa shape index (κ2) is 10.5. The lowest BCUT2D eigenvalue weighted by Gasteiger charge is -2.25. The fourth-order valence-corrected chi connectivity index (χ4v) is 5.40. The summed E-state index contributed by atoms with van der Waals surface area (Å²) in [7, 11) is -2.25. The van der Waals surface area contributed by atoms with E-state index in [0.29, 0.717) is 18.7 Å². The molecule has 0 bridgehead atoms. The van der Waals surface area contributed by atoms with Crippen molar-refractivity contribution in [3.05, 3.63) is 71.0 Å². The Morgan fingerprint density at radius 2 is 1.65 bits per heavy atom. The number of likely N-dealkylation sites (tertiary alicyclic amines) is 1. The standard InChI is InChI=1S/C24H27FN2O6S/c1-4-26(5-2)34(31,32)19-12-8-17(9-13-19)22(28)20-21(16-6-10-18(25)11-7-16)27(14-15-33-3)24(30)23(20)29/h6-13,21,28H,4-5,14-15H2,1-3H3/t21-/m1/s1. The van der Waals surface area contributed by atoms with Gasteiger partial charge in [0.15, 0.2) is 0 Å². The zero-order chi connectivity index (χ0) is 25.0. The van der Waals surface area contributed by atoms with Gasteiger partial charge in [-0.25, -0.2) is 12.8 Å². The molecule has 0 spiro atoms. The van der Waals surface area contributed by atoms with Crippen LogP contribution in [0.15, 0.2) is 59.0 Å². The van der Waals surface area contributed by atoms with Crippen molar-refractivity contribution in [3.63, 3.8) is 0 Å². The molecule has 182 valence electrons. The maximum absolute atomic E-state index is 13.5. The molecular weight excluding hydrogens is 463 g/mol. The third kappa shape index (κ3) is 4.75. The van der Waals surface area contributed by atoms with Crippen LogP contribution in [0.5, 0.6) is 0 Å². The summed E-state index contributed by atoms with van der Waals surface area (Å²) in [5.41, 5.74) is 0.460. The Labute approximate surface area is 198 Å². The van der Waals surface area contributed by atoms with Crippen molar-refractivity contribution in [3.8, 4) is 0 Å². The number of sulfonamides is 1. The predicted octanol–water partition coefficient (Wildman–Crippen LogP) is 2.92. The predicted molar refractivity (Wildman–Crippen MR) is 124 cm³/mol. The SMILES string of the molecule is CCN(CC)S(=O)(=O)c1ccc(C(O)=C2C(=O)C(=O)N(CCOC)[C@@H]2c2ccc(F)cc2)cc1. The highest BCUT2D eigenvalue weighted by molar-refractivity contribution is 7.89. The highest BCUT2D eigenvalue weighted by atomic mass is 32.2. The van der Waals surface area contributed by atoms with E-state index in [1.807, 2.05) is 0 Å². The van der Waals surface area contributed by atoms with Crippen LogP contribution in [0.25, 0.3) is 5.76 Å². The van der Waals surface area contributed by atoms with Crippen LogP contribution < -0.4 is 0 Å². The monoisotopic (exact) mass is 490 g/mol. The largest absolute Gasteiger partial charge is 0.507 e. The Balaban J connectivity index is 2.09. The minimum absolute atomic E-state index is 0.0448. The van der Waals surface area contributed by atoms with Gasteiger partial charge in [-0.1, -0.05) is 26.0 Å². The fraction of sp³-hybridized carbons (Fsp3) is 0.333. The summed E-state index contributed by atoms with van der Waals surface area (Å²) in [5.74, 6) is -2.63. The molecule has 0 radical (unpaired) electrons. The van der Waals surface area contributed by atoms with Crippen LogP contribution in [0.1, 0.15) is 31.0 Å².